The van der Waals surface area contributed by atoms with E-state index in [0.717, 1.165) is 11.6 Å². The fourth-order valence-electron chi connectivity index (χ4n) is 2.14. The number of halogens is 4. The number of nitrogens with zero attached hydrogens (tertiary/aromatic N) is 1. The van der Waals surface area contributed by atoms with Crippen LogP contribution < -0.4 is 0 Å². The molecule has 0 N–H and O–H groups in total. The van der Waals surface area contributed by atoms with E-state index in [1.807, 2.05) is 13.0 Å². The largest absolute Gasteiger partial charge is 0.419 e. The minimum atomic E-state index is -4.81. The third-order valence-electron chi connectivity index (χ3n) is 3.14. The zero-order valence-corrected chi connectivity index (χ0v) is 10.8. The zero-order chi connectivity index (χ0) is 14.9. The zero-order valence-electron chi connectivity index (χ0n) is 10.8. The molecule has 6 heteroatoms. The van der Waals surface area contributed by atoms with Crippen molar-refractivity contribution >= 4 is 5.91 Å². The van der Waals surface area contributed by atoms with Gasteiger partial charge in [-0.15, -0.1) is 0 Å². The maximum Gasteiger partial charge on any atom is 0.419 e. The van der Waals surface area contributed by atoms with Crippen LogP contribution in [-0.2, 0) is 6.18 Å². The summed E-state index contributed by atoms with van der Waals surface area (Å²) in [5, 5.41) is 0. The molecule has 108 valence electrons. The van der Waals surface area contributed by atoms with E-state index in [9.17, 15) is 22.4 Å². The smallest absolute Gasteiger partial charge is 0.334 e. The first-order valence-corrected chi connectivity index (χ1v) is 6.10. The Morgan fingerprint density at radius 2 is 2.00 bits per heavy atom. The molecule has 1 aromatic carbocycles. The van der Waals surface area contributed by atoms with Crippen molar-refractivity contribution in [2.24, 2.45) is 0 Å². The molecular formula is C14H13F4NO. The minimum absolute atomic E-state index is 0.145. The summed E-state index contributed by atoms with van der Waals surface area (Å²) >= 11 is 0. The molecule has 0 bridgehead atoms. The van der Waals surface area contributed by atoms with Gasteiger partial charge in [0.2, 0.25) is 0 Å². The molecule has 0 aliphatic carbocycles. The number of hydrogen-bond acceptors (Lipinski definition) is 1. The second kappa shape index (κ2) is 5.26. The molecule has 0 spiro atoms. The lowest BCUT2D eigenvalue weighted by Gasteiger charge is -2.26. The van der Waals surface area contributed by atoms with Gasteiger partial charge in [0.05, 0.1) is 5.56 Å². The number of carbonyl (C=O) groups excluding carboxylic acids is 1. The van der Waals surface area contributed by atoms with Crippen molar-refractivity contribution in [3.05, 3.63) is 46.8 Å². The van der Waals surface area contributed by atoms with Gasteiger partial charge in [0.1, 0.15) is 5.82 Å². The Bertz CT molecular complexity index is 563. The first kappa shape index (κ1) is 14.6. The average molecular weight is 287 g/mol. The first-order chi connectivity index (χ1) is 9.29. The van der Waals surface area contributed by atoms with Crippen LogP contribution >= 0.6 is 0 Å². The molecular weight excluding hydrogens is 274 g/mol. The van der Waals surface area contributed by atoms with Crippen molar-refractivity contribution in [1.82, 2.24) is 4.90 Å². The van der Waals surface area contributed by atoms with Gasteiger partial charge in [-0.1, -0.05) is 11.6 Å². The van der Waals surface area contributed by atoms with Crippen LogP contribution in [0.25, 0.3) is 0 Å². The van der Waals surface area contributed by atoms with E-state index in [-0.39, 0.29) is 5.56 Å². The molecule has 1 amide bonds. The van der Waals surface area contributed by atoms with Crippen LogP contribution in [0.15, 0.2) is 29.8 Å². The second-order valence-electron chi connectivity index (χ2n) is 4.76. The van der Waals surface area contributed by atoms with Crippen LogP contribution in [0.5, 0.6) is 0 Å². The van der Waals surface area contributed by atoms with Crippen molar-refractivity contribution in [2.75, 3.05) is 13.1 Å². The number of rotatable bonds is 1. The first-order valence-electron chi connectivity index (χ1n) is 6.10. The molecule has 0 radical (unpaired) electrons. The van der Waals surface area contributed by atoms with Gasteiger partial charge in [-0.2, -0.15) is 13.2 Å². The summed E-state index contributed by atoms with van der Waals surface area (Å²) in [5.74, 6) is -1.88. The normalized spacial score (nSPS) is 16.1. The van der Waals surface area contributed by atoms with Gasteiger partial charge in [0.25, 0.3) is 5.91 Å². The van der Waals surface area contributed by atoms with Crippen molar-refractivity contribution in [3.8, 4) is 0 Å². The van der Waals surface area contributed by atoms with Gasteiger partial charge in [0, 0.05) is 18.7 Å². The molecule has 2 rings (SSSR count). The fraction of sp³-hybridized carbons (Fsp3) is 0.357. The Kier molecular flexibility index (Phi) is 3.83. The van der Waals surface area contributed by atoms with E-state index in [1.54, 1.807) is 0 Å². The van der Waals surface area contributed by atoms with Crippen LogP contribution in [0.2, 0.25) is 0 Å². The maximum absolute atomic E-state index is 13.2. The van der Waals surface area contributed by atoms with Gasteiger partial charge in [0.15, 0.2) is 0 Å². The lowest BCUT2D eigenvalue weighted by Crippen LogP contribution is -2.35. The van der Waals surface area contributed by atoms with E-state index in [2.05, 4.69) is 0 Å². The Hall–Kier alpha value is -1.85. The van der Waals surface area contributed by atoms with Gasteiger partial charge in [-0.25, -0.2) is 4.39 Å². The summed E-state index contributed by atoms with van der Waals surface area (Å²) in [6.45, 7) is 2.69. The topological polar surface area (TPSA) is 20.3 Å². The van der Waals surface area contributed by atoms with Crippen molar-refractivity contribution in [1.29, 1.82) is 0 Å². The number of hydrogen-bond donors (Lipinski definition) is 0. The lowest BCUT2D eigenvalue weighted by molar-refractivity contribution is -0.140. The molecule has 0 aromatic heterocycles. The summed E-state index contributed by atoms with van der Waals surface area (Å²) in [4.78, 5) is 13.6. The highest BCUT2D eigenvalue weighted by molar-refractivity contribution is 5.94. The average Bonchev–Trinajstić information content (AvgIpc) is 2.37. The molecule has 0 saturated carbocycles. The summed E-state index contributed by atoms with van der Waals surface area (Å²) in [6.07, 6.45) is -2.15. The van der Waals surface area contributed by atoms with E-state index in [4.69, 9.17) is 0 Å². The molecule has 0 atom stereocenters. The molecule has 0 saturated heterocycles. The van der Waals surface area contributed by atoms with Crippen molar-refractivity contribution in [3.63, 3.8) is 0 Å². The van der Waals surface area contributed by atoms with Gasteiger partial charge < -0.3 is 4.90 Å². The molecule has 0 unspecified atom stereocenters. The Labute approximate surface area is 113 Å². The van der Waals surface area contributed by atoms with Crippen LogP contribution in [0.3, 0.4) is 0 Å². The monoisotopic (exact) mass is 287 g/mol. The number of benzene rings is 1. The van der Waals surface area contributed by atoms with Crippen molar-refractivity contribution in [2.45, 2.75) is 19.5 Å². The van der Waals surface area contributed by atoms with Crippen LogP contribution in [0.1, 0.15) is 29.3 Å². The van der Waals surface area contributed by atoms with Gasteiger partial charge in [-0.05, 0) is 31.5 Å². The van der Waals surface area contributed by atoms with E-state index >= 15 is 0 Å². The third kappa shape index (κ3) is 3.00. The molecule has 1 aliphatic rings. The highest BCUT2D eigenvalue weighted by Crippen LogP contribution is 2.32. The van der Waals surface area contributed by atoms with Crippen LogP contribution in [0.4, 0.5) is 17.6 Å². The summed E-state index contributed by atoms with van der Waals surface area (Å²) in [5.41, 5.74) is -0.566. The SMILES string of the molecule is CC1=CCCN(C(=O)c2ccc(F)c(C(F)(F)F)c2)C1. The Balaban J connectivity index is 2.29. The molecule has 20 heavy (non-hydrogen) atoms. The molecule has 0 fully saturated rings. The summed E-state index contributed by atoms with van der Waals surface area (Å²) in [6, 6.07) is 2.34. The predicted molar refractivity (Wildman–Crippen MR) is 65.7 cm³/mol. The molecule has 1 aromatic rings. The van der Waals surface area contributed by atoms with Gasteiger partial charge >= 0.3 is 6.18 Å². The molecule has 2 nitrogen and oxygen atoms in total. The predicted octanol–water partition coefficient (Wildman–Crippen LogP) is 3.64. The number of carbonyl (C=O) groups is 1. The van der Waals surface area contributed by atoms with Crippen LogP contribution in [-0.4, -0.2) is 23.9 Å². The molecule has 1 heterocycles. The number of amides is 1. The fourth-order valence-corrected chi connectivity index (χ4v) is 2.14. The maximum atomic E-state index is 13.2. The highest BCUT2D eigenvalue weighted by atomic mass is 19.4. The summed E-state index contributed by atoms with van der Waals surface area (Å²) < 4.78 is 51.0. The second-order valence-corrected chi connectivity index (χ2v) is 4.76. The standard InChI is InChI=1S/C14H13F4NO/c1-9-3-2-6-19(8-9)13(20)10-4-5-12(15)11(7-10)14(16,17)18/h3-5,7H,2,6,8H2,1H3. The Morgan fingerprint density at radius 1 is 1.30 bits per heavy atom. The highest BCUT2D eigenvalue weighted by Gasteiger charge is 2.35. The van der Waals surface area contributed by atoms with Crippen molar-refractivity contribution < 1.29 is 22.4 Å². The van der Waals surface area contributed by atoms with Gasteiger partial charge in [-0.3, -0.25) is 4.79 Å². The van der Waals surface area contributed by atoms with E-state index < -0.39 is 23.5 Å². The van der Waals surface area contributed by atoms with Crippen LogP contribution in [0, 0.1) is 5.82 Å². The lowest BCUT2D eigenvalue weighted by atomic mass is 10.1. The quantitative estimate of drug-likeness (QED) is 0.570. The van der Waals surface area contributed by atoms with E-state index in [1.165, 1.54) is 4.90 Å². The number of alkyl halides is 3. The third-order valence-corrected chi connectivity index (χ3v) is 3.14. The Morgan fingerprint density at radius 3 is 2.60 bits per heavy atom. The minimum Gasteiger partial charge on any atom is -0.334 e. The molecule has 1 aliphatic heterocycles. The summed E-state index contributed by atoms with van der Waals surface area (Å²) in [7, 11) is 0. The van der Waals surface area contributed by atoms with E-state index in [0.29, 0.717) is 31.6 Å².